The summed E-state index contributed by atoms with van der Waals surface area (Å²) in [5, 5.41) is 0. The van der Waals surface area contributed by atoms with Crippen molar-refractivity contribution in [2.45, 2.75) is 32.7 Å². The molecule has 0 N–H and O–H groups in total. The molecule has 20 heavy (non-hydrogen) atoms. The number of Topliss-reactive ketones (excluding diaryl/α,β-unsaturated/α-hetero) is 1. The number of ketones is 1. The molecule has 0 spiro atoms. The van der Waals surface area contributed by atoms with Gasteiger partial charge in [0.05, 0.1) is 0 Å². The zero-order chi connectivity index (χ0) is 14.8. The van der Waals surface area contributed by atoms with Crippen molar-refractivity contribution in [3.8, 4) is 0 Å². The summed E-state index contributed by atoms with van der Waals surface area (Å²) in [6, 6.07) is 11.8. The molecule has 0 aliphatic carbocycles. The number of hydrogen-bond acceptors (Lipinski definition) is 1. The van der Waals surface area contributed by atoms with E-state index in [0.717, 1.165) is 15.6 Å². The lowest BCUT2D eigenvalue weighted by atomic mass is 9.86. The number of hydrogen-bond donors (Lipinski definition) is 0. The molecule has 1 heterocycles. The van der Waals surface area contributed by atoms with Gasteiger partial charge in [-0.15, -0.1) is 0 Å². The third-order valence-corrected chi connectivity index (χ3v) is 3.65. The monoisotopic (exact) mass is 332 g/mol. The third kappa shape index (κ3) is 3.76. The van der Waals surface area contributed by atoms with Gasteiger partial charge >= 0.3 is 0 Å². The summed E-state index contributed by atoms with van der Waals surface area (Å²) in [6.45, 7) is 6.81. The molecule has 2 nitrogen and oxygen atoms in total. The van der Waals surface area contributed by atoms with Crippen LogP contribution < -0.4 is 4.57 Å². The summed E-state index contributed by atoms with van der Waals surface area (Å²) >= 11 is 3.50. The van der Waals surface area contributed by atoms with Crippen LogP contribution in [0.1, 0.15) is 36.7 Å². The van der Waals surface area contributed by atoms with E-state index in [9.17, 15) is 4.79 Å². The highest BCUT2D eigenvalue weighted by Crippen LogP contribution is 2.26. The predicted octanol–water partition coefficient (Wildman–Crippen LogP) is 3.92. The number of carbonyl (C=O) groups is 1. The van der Waals surface area contributed by atoms with E-state index in [0.29, 0.717) is 6.54 Å². The molecular weight excluding hydrogens is 314 g/mol. The number of nitrogens with zero attached hydrogens (tertiary/aromatic N) is 1. The second-order valence-electron chi connectivity index (χ2n) is 5.95. The maximum atomic E-state index is 12.4. The molecule has 0 atom stereocenters. The van der Waals surface area contributed by atoms with Gasteiger partial charge in [0.25, 0.3) is 0 Å². The number of carbonyl (C=O) groups excluding carboxylic acids is 1. The number of benzene rings is 1. The molecule has 0 fully saturated rings. The van der Waals surface area contributed by atoms with Gasteiger partial charge in [-0.05, 0) is 29.2 Å². The minimum atomic E-state index is 0.0265. The summed E-state index contributed by atoms with van der Waals surface area (Å²) in [6.07, 6.45) is 3.81. The maximum Gasteiger partial charge on any atom is 0.227 e. The molecule has 0 saturated carbocycles. The number of rotatable bonds is 3. The zero-order valence-electron chi connectivity index (χ0n) is 12.1. The fourth-order valence-corrected chi connectivity index (χ4v) is 2.47. The van der Waals surface area contributed by atoms with E-state index in [4.69, 9.17) is 0 Å². The van der Waals surface area contributed by atoms with Gasteiger partial charge in [-0.3, -0.25) is 4.79 Å². The smallest absolute Gasteiger partial charge is 0.227 e. The topological polar surface area (TPSA) is 20.9 Å². The van der Waals surface area contributed by atoms with Crippen LogP contribution in [0.15, 0.2) is 53.3 Å². The highest BCUT2D eigenvalue weighted by molar-refractivity contribution is 9.10. The normalized spacial score (nSPS) is 11.4. The van der Waals surface area contributed by atoms with Crippen LogP contribution in [-0.2, 0) is 12.0 Å². The lowest BCUT2D eigenvalue weighted by Crippen LogP contribution is -2.36. The molecule has 2 rings (SSSR count). The Hall–Kier alpha value is -1.48. The molecular formula is C17H19BrNO+. The Kier molecular flexibility index (Phi) is 4.39. The lowest BCUT2D eigenvalue weighted by molar-refractivity contribution is -0.683. The third-order valence-electron chi connectivity index (χ3n) is 3.19. The van der Waals surface area contributed by atoms with Crippen LogP contribution in [0.4, 0.5) is 0 Å². The van der Waals surface area contributed by atoms with Crippen LogP contribution >= 0.6 is 15.9 Å². The molecule has 3 heteroatoms. The molecule has 0 amide bonds. The number of aromatic nitrogens is 1. The average Bonchev–Trinajstić information content (AvgIpc) is 2.38. The molecule has 0 radical (unpaired) electrons. The summed E-state index contributed by atoms with van der Waals surface area (Å²) < 4.78 is 2.84. The van der Waals surface area contributed by atoms with E-state index < -0.39 is 0 Å². The van der Waals surface area contributed by atoms with E-state index in [1.54, 1.807) is 0 Å². The summed E-state index contributed by atoms with van der Waals surface area (Å²) in [5.41, 5.74) is 1.94. The molecule has 104 valence electrons. The first-order chi connectivity index (χ1) is 9.36. The van der Waals surface area contributed by atoms with Crippen molar-refractivity contribution < 1.29 is 9.36 Å². The Morgan fingerprint density at radius 3 is 2.35 bits per heavy atom. The minimum Gasteiger partial charge on any atom is -0.287 e. The highest BCUT2D eigenvalue weighted by Gasteiger charge is 2.18. The standard InChI is InChI=1S/C17H19BrNO/c1-17(2,3)14-9-13(10-15(18)11-14)16(20)12-19-7-5-4-6-8-19/h4-11H,12H2,1-3H3/q+1. The second-order valence-corrected chi connectivity index (χ2v) is 6.87. The largest absolute Gasteiger partial charge is 0.287 e. The van der Waals surface area contributed by atoms with E-state index in [-0.39, 0.29) is 11.2 Å². The van der Waals surface area contributed by atoms with Crippen LogP contribution in [0.2, 0.25) is 0 Å². The summed E-state index contributed by atoms with van der Waals surface area (Å²) in [7, 11) is 0. The van der Waals surface area contributed by atoms with Gasteiger partial charge < -0.3 is 0 Å². The van der Waals surface area contributed by atoms with E-state index in [2.05, 4.69) is 42.8 Å². The van der Waals surface area contributed by atoms with Crippen molar-refractivity contribution in [3.05, 3.63) is 64.4 Å². The first-order valence-corrected chi connectivity index (χ1v) is 7.44. The van der Waals surface area contributed by atoms with Gasteiger partial charge in [0.1, 0.15) is 0 Å². The molecule has 0 aliphatic rings. The van der Waals surface area contributed by atoms with Crippen molar-refractivity contribution in [1.82, 2.24) is 0 Å². The van der Waals surface area contributed by atoms with Crippen molar-refractivity contribution in [2.24, 2.45) is 0 Å². The van der Waals surface area contributed by atoms with Gasteiger partial charge in [-0.1, -0.05) is 42.8 Å². The molecule has 0 aliphatic heterocycles. The van der Waals surface area contributed by atoms with Crippen molar-refractivity contribution in [3.63, 3.8) is 0 Å². The Labute approximate surface area is 128 Å². The number of pyridine rings is 1. The van der Waals surface area contributed by atoms with E-state index in [1.807, 2.05) is 47.3 Å². The van der Waals surface area contributed by atoms with Gasteiger partial charge in [0.15, 0.2) is 12.4 Å². The summed E-state index contributed by atoms with van der Waals surface area (Å²) in [4.78, 5) is 12.4. The van der Waals surface area contributed by atoms with Crippen LogP contribution in [-0.4, -0.2) is 5.78 Å². The zero-order valence-corrected chi connectivity index (χ0v) is 13.6. The van der Waals surface area contributed by atoms with Gasteiger partial charge in [-0.2, -0.15) is 4.57 Å². The van der Waals surface area contributed by atoms with Gasteiger partial charge in [0.2, 0.25) is 12.3 Å². The molecule has 0 bridgehead atoms. The maximum absolute atomic E-state index is 12.4. The highest BCUT2D eigenvalue weighted by atomic mass is 79.9. The molecule has 0 unspecified atom stereocenters. The van der Waals surface area contributed by atoms with E-state index >= 15 is 0 Å². The first kappa shape index (κ1) is 14.9. The van der Waals surface area contributed by atoms with Crippen LogP contribution in [0, 0.1) is 0 Å². The molecule has 0 saturated heterocycles. The van der Waals surface area contributed by atoms with Crippen molar-refractivity contribution >= 4 is 21.7 Å². The Bertz CT molecular complexity index is 615. The van der Waals surface area contributed by atoms with Crippen LogP contribution in [0.25, 0.3) is 0 Å². The summed E-state index contributed by atoms with van der Waals surface area (Å²) in [5.74, 6) is 0.119. The Morgan fingerprint density at radius 1 is 1.10 bits per heavy atom. The van der Waals surface area contributed by atoms with Crippen LogP contribution in [0.3, 0.4) is 0 Å². The number of halogens is 1. The molecule has 1 aromatic carbocycles. The Balaban J connectivity index is 2.29. The average molecular weight is 333 g/mol. The Morgan fingerprint density at radius 2 is 1.75 bits per heavy atom. The van der Waals surface area contributed by atoms with Gasteiger partial charge in [-0.25, -0.2) is 0 Å². The lowest BCUT2D eigenvalue weighted by Gasteiger charge is -2.20. The van der Waals surface area contributed by atoms with Crippen molar-refractivity contribution in [1.29, 1.82) is 0 Å². The quantitative estimate of drug-likeness (QED) is 0.616. The van der Waals surface area contributed by atoms with Crippen LogP contribution in [0.5, 0.6) is 0 Å². The second kappa shape index (κ2) is 5.88. The molecule has 2 aromatic rings. The van der Waals surface area contributed by atoms with E-state index in [1.165, 1.54) is 0 Å². The SMILES string of the molecule is CC(C)(C)c1cc(Br)cc(C(=O)C[n+]2ccccc2)c1. The molecule has 1 aromatic heterocycles. The fourth-order valence-electron chi connectivity index (χ4n) is 1.98. The minimum absolute atomic E-state index is 0.0265. The van der Waals surface area contributed by atoms with Gasteiger partial charge in [0, 0.05) is 22.2 Å². The van der Waals surface area contributed by atoms with Crippen molar-refractivity contribution in [2.75, 3.05) is 0 Å². The first-order valence-electron chi connectivity index (χ1n) is 6.64. The fraction of sp³-hybridized carbons (Fsp3) is 0.294. The predicted molar refractivity (Wildman–Crippen MR) is 83.8 cm³/mol.